The van der Waals surface area contributed by atoms with E-state index in [0.717, 1.165) is 13.1 Å². The number of imidazole rings is 1. The lowest BCUT2D eigenvalue weighted by Gasteiger charge is -2.41. The summed E-state index contributed by atoms with van der Waals surface area (Å²) in [7, 11) is 2.04. The predicted octanol–water partition coefficient (Wildman–Crippen LogP) is 1.99. The zero-order valence-corrected chi connectivity index (χ0v) is 21.7. The Morgan fingerprint density at radius 3 is 2.49 bits per heavy atom. The van der Waals surface area contributed by atoms with Gasteiger partial charge in [-0.2, -0.15) is 0 Å². The van der Waals surface area contributed by atoms with E-state index in [9.17, 15) is 14.0 Å². The Morgan fingerprint density at radius 2 is 1.82 bits per heavy atom. The lowest BCUT2D eigenvalue weighted by molar-refractivity contribution is -0.234. The first-order chi connectivity index (χ1) is 18.7. The summed E-state index contributed by atoms with van der Waals surface area (Å²) in [5.74, 6) is -0.953. The number of anilines is 1. The van der Waals surface area contributed by atoms with Gasteiger partial charge < -0.3 is 34.7 Å². The number of H-pyrrole nitrogens is 1. The number of aromatic nitrogens is 4. The van der Waals surface area contributed by atoms with Gasteiger partial charge in [-0.3, -0.25) is 9.59 Å². The third-order valence-corrected chi connectivity index (χ3v) is 6.79. The summed E-state index contributed by atoms with van der Waals surface area (Å²) >= 11 is 0. The van der Waals surface area contributed by atoms with Crippen LogP contribution in [0, 0.1) is 11.2 Å². The molecule has 13 heteroatoms. The van der Waals surface area contributed by atoms with Crippen molar-refractivity contribution in [3.8, 4) is 22.6 Å². The number of nitrogens with one attached hydrogen (secondary N) is 2. The van der Waals surface area contributed by atoms with Crippen molar-refractivity contribution in [2.75, 3.05) is 58.3 Å². The van der Waals surface area contributed by atoms with Gasteiger partial charge in [-0.05, 0) is 44.3 Å². The molecule has 12 nitrogen and oxygen atoms in total. The number of piperazine rings is 1. The van der Waals surface area contributed by atoms with Gasteiger partial charge in [0.25, 0.3) is 0 Å². The SMILES string of the molecule is CN1CCN(C(=O)C2(C)COC(c3nc(-c4ccc(F)cc4)c(-c4ccnc(NCC(=O)O)n4)[nH]3)OC2)CC1. The normalized spacial score (nSPS) is 22.0. The molecule has 1 amide bonds. The number of halogens is 1. The van der Waals surface area contributed by atoms with Gasteiger partial charge in [-0.25, -0.2) is 19.3 Å². The fourth-order valence-corrected chi connectivity index (χ4v) is 4.52. The molecule has 0 radical (unpaired) electrons. The smallest absolute Gasteiger partial charge is 0.322 e. The number of carboxylic acids is 1. The average molecular weight is 540 g/mol. The molecule has 3 aromatic rings. The van der Waals surface area contributed by atoms with E-state index in [-0.39, 0.29) is 37.4 Å². The molecule has 0 unspecified atom stereocenters. The number of rotatable bonds is 7. The highest BCUT2D eigenvalue weighted by Crippen LogP contribution is 2.36. The Morgan fingerprint density at radius 1 is 1.13 bits per heavy atom. The monoisotopic (exact) mass is 539 g/mol. The number of carboxylic acid groups (broad SMARTS) is 1. The van der Waals surface area contributed by atoms with E-state index in [1.165, 1.54) is 18.3 Å². The van der Waals surface area contributed by atoms with Crippen LogP contribution in [0.25, 0.3) is 22.6 Å². The molecule has 0 atom stereocenters. The first-order valence-electron chi connectivity index (χ1n) is 12.6. The van der Waals surface area contributed by atoms with Gasteiger partial charge >= 0.3 is 5.97 Å². The lowest BCUT2D eigenvalue weighted by Crippen LogP contribution is -2.55. The van der Waals surface area contributed by atoms with Gasteiger partial charge in [0, 0.05) is 37.9 Å². The van der Waals surface area contributed by atoms with Crippen LogP contribution in [0.5, 0.6) is 0 Å². The second kappa shape index (κ2) is 11.0. The Balaban J connectivity index is 1.39. The highest BCUT2D eigenvalue weighted by molar-refractivity contribution is 5.83. The molecule has 0 saturated carbocycles. The van der Waals surface area contributed by atoms with Crippen molar-refractivity contribution in [3.05, 3.63) is 48.2 Å². The molecule has 2 saturated heterocycles. The fourth-order valence-electron chi connectivity index (χ4n) is 4.52. The van der Waals surface area contributed by atoms with Crippen molar-refractivity contribution in [1.29, 1.82) is 0 Å². The van der Waals surface area contributed by atoms with Gasteiger partial charge in [0.2, 0.25) is 18.1 Å². The third-order valence-electron chi connectivity index (χ3n) is 6.79. The number of hydrogen-bond donors (Lipinski definition) is 3. The first kappa shape index (κ1) is 26.7. The standard InChI is InChI=1S/C26H30FN7O5/c1-26(24(37)34-11-9-33(2)10-12-34)14-38-23(39-15-26)22-31-20(16-3-5-17(27)6-4-16)21(32-22)18-7-8-28-25(30-18)29-13-19(35)36/h3-8,23H,9-15H2,1-2H3,(H,31,32)(H,35,36)(H,28,29,30). The topological polar surface area (TPSA) is 146 Å². The molecule has 2 fully saturated rings. The van der Waals surface area contributed by atoms with E-state index in [1.807, 2.05) is 18.9 Å². The maximum atomic E-state index is 13.6. The van der Waals surface area contributed by atoms with Crippen molar-refractivity contribution in [1.82, 2.24) is 29.7 Å². The quantitative estimate of drug-likeness (QED) is 0.407. The number of ether oxygens (including phenoxy) is 2. The Labute approximate surface area is 224 Å². The molecule has 0 aliphatic carbocycles. The maximum absolute atomic E-state index is 13.6. The maximum Gasteiger partial charge on any atom is 0.322 e. The van der Waals surface area contributed by atoms with E-state index >= 15 is 0 Å². The van der Waals surface area contributed by atoms with Gasteiger partial charge in [0.15, 0.2) is 5.82 Å². The minimum atomic E-state index is -1.05. The van der Waals surface area contributed by atoms with Crippen molar-refractivity contribution in [2.24, 2.45) is 5.41 Å². The minimum Gasteiger partial charge on any atom is -0.480 e. The fraction of sp³-hybridized carbons (Fsp3) is 0.423. The summed E-state index contributed by atoms with van der Waals surface area (Å²) in [6.45, 7) is 4.78. The van der Waals surface area contributed by atoms with Crippen molar-refractivity contribution in [3.63, 3.8) is 0 Å². The highest BCUT2D eigenvalue weighted by Gasteiger charge is 2.43. The molecule has 39 heavy (non-hydrogen) atoms. The lowest BCUT2D eigenvalue weighted by atomic mass is 9.90. The average Bonchev–Trinajstić information content (AvgIpc) is 3.38. The zero-order valence-electron chi connectivity index (χ0n) is 21.7. The van der Waals surface area contributed by atoms with E-state index in [4.69, 9.17) is 19.6 Å². The second-order valence-corrected chi connectivity index (χ2v) is 9.98. The molecule has 2 aliphatic rings. The van der Waals surface area contributed by atoms with Crippen molar-refractivity contribution in [2.45, 2.75) is 13.2 Å². The molecule has 0 spiro atoms. The second-order valence-electron chi connectivity index (χ2n) is 9.98. The largest absolute Gasteiger partial charge is 0.480 e. The van der Waals surface area contributed by atoms with Crippen LogP contribution >= 0.6 is 0 Å². The summed E-state index contributed by atoms with van der Waals surface area (Å²) in [6.07, 6.45) is 0.627. The third kappa shape index (κ3) is 5.90. The number of carbonyl (C=O) groups excluding carboxylic acids is 1. The molecular formula is C26H30FN7O5. The van der Waals surface area contributed by atoms with Crippen LogP contribution in [0.1, 0.15) is 19.0 Å². The van der Waals surface area contributed by atoms with Crippen molar-refractivity contribution < 1.29 is 28.6 Å². The number of likely N-dealkylation sites (N-methyl/N-ethyl adjacent to an activating group) is 1. The summed E-state index contributed by atoms with van der Waals surface area (Å²) < 4.78 is 25.7. The number of aromatic amines is 1. The molecule has 1 aromatic carbocycles. The van der Waals surface area contributed by atoms with E-state index in [2.05, 4.69) is 25.2 Å². The number of carbonyl (C=O) groups is 2. The summed E-state index contributed by atoms with van der Waals surface area (Å²) in [6, 6.07) is 7.49. The highest BCUT2D eigenvalue weighted by atomic mass is 19.1. The summed E-state index contributed by atoms with van der Waals surface area (Å²) in [4.78, 5) is 44.6. The molecule has 206 valence electrons. The van der Waals surface area contributed by atoms with Crippen molar-refractivity contribution >= 4 is 17.8 Å². The zero-order chi connectivity index (χ0) is 27.6. The van der Waals surface area contributed by atoms with E-state index in [1.54, 1.807) is 18.2 Å². The van der Waals surface area contributed by atoms with Crippen LogP contribution in [0.3, 0.4) is 0 Å². The molecule has 0 bridgehead atoms. The molecule has 4 heterocycles. The summed E-state index contributed by atoms with van der Waals surface area (Å²) in [5.41, 5.74) is 1.20. The van der Waals surface area contributed by atoms with Crippen LogP contribution in [0.4, 0.5) is 10.3 Å². The van der Waals surface area contributed by atoms with Crippen LogP contribution < -0.4 is 5.32 Å². The van der Waals surface area contributed by atoms with Gasteiger partial charge in [-0.1, -0.05) is 0 Å². The number of benzene rings is 1. The molecular weight excluding hydrogens is 509 g/mol. The number of aliphatic carboxylic acids is 1. The molecule has 3 N–H and O–H groups in total. The van der Waals surface area contributed by atoms with E-state index in [0.29, 0.717) is 41.6 Å². The van der Waals surface area contributed by atoms with Gasteiger partial charge in [0.05, 0.1) is 35.7 Å². The van der Waals surface area contributed by atoms with Crippen LogP contribution in [-0.2, 0) is 19.1 Å². The van der Waals surface area contributed by atoms with Crippen LogP contribution in [0.2, 0.25) is 0 Å². The number of amides is 1. The Bertz CT molecular complexity index is 1330. The number of nitrogens with zero attached hydrogens (tertiary/aromatic N) is 5. The minimum absolute atomic E-state index is 0.00330. The van der Waals surface area contributed by atoms with Gasteiger partial charge in [-0.15, -0.1) is 0 Å². The van der Waals surface area contributed by atoms with E-state index < -0.39 is 17.7 Å². The predicted molar refractivity (Wildman–Crippen MR) is 138 cm³/mol. The van der Waals surface area contributed by atoms with Crippen LogP contribution in [-0.4, -0.2) is 99.7 Å². The number of hydrogen-bond acceptors (Lipinski definition) is 9. The van der Waals surface area contributed by atoms with Gasteiger partial charge in [0.1, 0.15) is 12.4 Å². The van der Waals surface area contributed by atoms with Crippen LogP contribution in [0.15, 0.2) is 36.5 Å². The molecule has 5 rings (SSSR count). The summed E-state index contributed by atoms with van der Waals surface area (Å²) in [5, 5.41) is 11.6. The Kier molecular flexibility index (Phi) is 7.55. The molecule has 2 aromatic heterocycles. The first-order valence-corrected chi connectivity index (χ1v) is 12.6. The Hall–Kier alpha value is -3.94. The molecule has 2 aliphatic heterocycles.